The molecule has 2 aromatic carbocycles. The van der Waals surface area contributed by atoms with Gasteiger partial charge in [0.15, 0.2) is 0 Å². The zero-order chi connectivity index (χ0) is 29.5. The molecule has 8 nitrogen and oxygen atoms in total. The van der Waals surface area contributed by atoms with E-state index in [9.17, 15) is 27.2 Å². The molecule has 3 heterocycles. The van der Waals surface area contributed by atoms with E-state index >= 15 is 0 Å². The number of carbonyl (C=O) groups is 2. The Kier molecular flexibility index (Phi) is 7.02. The number of nitrogens with two attached hydrogens (primary N) is 1. The predicted octanol–water partition coefficient (Wildman–Crippen LogP) is 4.66. The van der Waals surface area contributed by atoms with E-state index in [-0.39, 0.29) is 34.7 Å². The van der Waals surface area contributed by atoms with Crippen molar-refractivity contribution in [1.82, 2.24) is 15.3 Å². The van der Waals surface area contributed by atoms with Crippen LogP contribution in [0.1, 0.15) is 34.5 Å². The molecule has 2 atom stereocenters. The topological polar surface area (TPSA) is 116 Å². The number of amides is 2. The van der Waals surface area contributed by atoms with Crippen LogP contribution < -0.4 is 20.5 Å². The van der Waals surface area contributed by atoms with Gasteiger partial charge in [-0.3, -0.25) is 14.6 Å². The summed E-state index contributed by atoms with van der Waals surface area (Å²) in [6.45, 7) is 0.416. The summed E-state index contributed by atoms with van der Waals surface area (Å²) in [4.78, 5) is 33.7. The highest BCUT2D eigenvalue weighted by Gasteiger charge is 2.47. The number of benzene rings is 2. The van der Waals surface area contributed by atoms with Crippen molar-refractivity contribution in [2.24, 2.45) is 5.73 Å². The first kappa shape index (κ1) is 27.8. The number of hydrogen-bond acceptors (Lipinski definition) is 6. The van der Waals surface area contributed by atoms with Crippen molar-refractivity contribution in [3.63, 3.8) is 0 Å². The molecule has 1 aliphatic heterocycles. The van der Waals surface area contributed by atoms with Gasteiger partial charge in [-0.1, -0.05) is 0 Å². The Bertz CT molecular complexity index is 1660. The fourth-order valence-electron chi connectivity index (χ4n) is 4.64. The molecule has 1 aliphatic rings. The van der Waals surface area contributed by atoms with E-state index in [1.165, 1.54) is 44.5 Å². The van der Waals surface area contributed by atoms with E-state index in [0.717, 1.165) is 18.2 Å². The molecule has 0 spiro atoms. The molecule has 0 saturated carbocycles. The first-order chi connectivity index (χ1) is 19.4. The molecule has 41 heavy (non-hydrogen) atoms. The maximum atomic E-state index is 14.5. The van der Waals surface area contributed by atoms with Crippen LogP contribution in [-0.4, -0.2) is 48.2 Å². The molecule has 2 aromatic heterocycles. The molecular formula is C29H24F4N4O4. The lowest BCUT2D eigenvalue weighted by Crippen LogP contribution is -2.40. The van der Waals surface area contributed by atoms with E-state index < -0.39 is 47.4 Å². The Labute approximate surface area is 231 Å². The monoisotopic (exact) mass is 568 g/mol. The number of pyridine rings is 2. The fraction of sp³-hybridized carbons (Fsp3) is 0.241. The Morgan fingerprint density at radius 3 is 2.54 bits per heavy atom. The molecule has 12 heteroatoms. The van der Waals surface area contributed by atoms with Crippen molar-refractivity contribution in [3.8, 4) is 22.8 Å². The summed E-state index contributed by atoms with van der Waals surface area (Å²) in [7, 11) is 1.46. The van der Waals surface area contributed by atoms with Crippen LogP contribution in [0, 0.1) is 5.82 Å². The molecule has 0 fully saturated rings. The van der Waals surface area contributed by atoms with Crippen LogP contribution in [0.5, 0.6) is 11.5 Å². The van der Waals surface area contributed by atoms with E-state index in [1.54, 1.807) is 12.1 Å². The van der Waals surface area contributed by atoms with Gasteiger partial charge in [-0.15, -0.1) is 0 Å². The summed E-state index contributed by atoms with van der Waals surface area (Å²) >= 11 is 0. The molecule has 5 rings (SSSR count). The van der Waals surface area contributed by atoms with Gasteiger partial charge in [0.05, 0.1) is 24.5 Å². The highest BCUT2D eigenvalue weighted by atomic mass is 19.4. The van der Waals surface area contributed by atoms with Crippen molar-refractivity contribution >= 4 is 22.7 Å². The number of rotatable bonds is 7. The standard InChI is InChI=1S/C29H24F4N4O4/c1-28(27(34)39)14-41-25-20(28)11-23(37-24(25)15-3-6-18(30)7-4-15)21(29(31,32)33)13-36-26(38)16-5-8-22-17(9-16)10-19(40-2)12-35-22/h3-12,21H,13-14H2,1-2H3,(H2,34,39)(H,36,38)/t21?,28-/m0/s1. The Balaban J connectivity index is 1.52. The number of halogens is 4. The van der Waals surface area contributed by atoms with E-state index in [1.807, 2.05) is 0 Å². The zero-order valence-corrected chi connectivity index (χ0v) is 21.9. The number of fused-ring (bicyclic) bond motifs is 2. The normalized spacial score (nSPS) is 17.0. The molecule has 2 amide bonds. The van der Waals surface area contributed by atoms with Gasteiger partial charge in [-0.25, -0.2) is 9.37 Å². The number of nitrogens with one attached hydrogen (secondary N) is 1. The third-order valence-corrected chi connectivity index (χ3v) is 7.13. The van der Waals surface area contributed by atoms with Crippen molar-refractivity contribution in [2.45, 2.75) is 24.4 Å². The van der Waals surface area contributed by atoms with Crippen LogP contribution >= 0.6 is 0 Å². The number of ether oxygens (including phenoxy) is 2. The third kappa shape index (κ3) is 5.24. The summed E-state index contributed by atoms with van der Waals surface area (Å²) in [5.74, 6) is -3.79. The minimum atomic E-state index is -4.84. The highest BCUT2D eigenvalue weighted by Crippen LogP contribution is 2.46. The molecule has 0 bridgehead atoms. The van der Waals surface area contributed by atoms with Crippen molar-refractivity contribution in [3.05, 3.63) is 83.4 Å². The molecule has 212 valence electrons. The summed E-state index contributed by atoms with van der Waals surface area (Å²) in [5.41, 5.74) is 4.83. The van der Waals surface area contributed by atoms with Gasteiger partial charge in [-0.2, -0.15) is 13.2 Å². The SMILES string of the molecule is COc1cnc2ccc(C(=O)NCC(c3cc4c(c(-c5ccc(F)cc5)n3)OC[C@]4(C)C(N)=O)C(F)(F)F)cc2c1. The second-order valence-corrected chi connectivity index (χ2v) is 9.85. The summed E-state index contributed by atoms with van der Waals surface area (Å²) in [6.07, 6.45) is -3.33. The Hall–Kier alpha value is -4.74. The van der Waals surface area contributed by atoms with Gasteiger partial charge in [0, 0.05) is 28.6 Å². The Morgan fingerprint density at radius 1 is 1.15 bits per heavy atom. The number of aromatic nitrogens is 2. The second-order valence-electron chi connectivity index (χ2n) is 9.85. The number of carbonyl (C=O) groups excluding carboxylic acids is 2. The maximum absolute atomic E-state index is 14.5. The molecule has 3 N–H and O–H groups in total. The fourth-order valence-corrected chi connectivity index (χ4v) is 4.64. The Morgan fingerprint density at radius 2 is 1.88 bits per heavy atom. The third-order valence-electron chi connectivity index (χ3n) is 7.13. The number of alkyl halides is 3. The molecule has 4 aromatic rings. The lowest BCUT2D eigenvalue weighted by molar-refractivity contribution is -0.149. The number of methoxy groups -OCH3 is 1. The summed E-state index contributed by atoms with van der Waals surface area (Å²) in [6, 6.07) is 12.3. The number of nitrogens with zero attached hydrogens (tertiary/aromatic N) is 2. The highest BCUT2D eigenvalue weighted by molar-refractivity contribution is 5.98. The summed E-state index contributed by atoms with van der Waals surface area (Å²) < 4.78 is 67.8. The van der Waals surface area contributed by atoms with Crippen LogP contribution in [0.25, 0.3) is 22.2 Å². The molecule has 0 saturated heterocycles. The molecular weight excluding hydrogens is 544 g/mol. The minimum Gasteiger partial charge on any atom is -0.495 e. The largest absolute Gasteiger partial charge is 0.495 e. The molecule has 0 aliphatic carbocycles. The van der Waals surface area contributed by atoms with Crippen molar-refractivity contribution in [1.29, 1.82) is 0 Å². The van der Waals surface area contributed by atoms with Crippen LogP contribution in [0.15, 0.2) is 60.8 Å². The van der Waals surface area contributed by atoms with Crippen LogP contribution in [0.4, 0.5) is 17.6 Å². The second kappa shape index (κ2) is 10.3. The maximum Gasteiger partial charge on any atom is 0.398 e. The first-order valence-electron chi connectivity index (χ1n) is 12.4. The molecule has 1 unspecified atom stereocenters. The van der Waals surface area contributed by atoms with Gasteiger partial charge in [0.1, 0.15) is 40.9 Å². The zero-order valence-electron chi connectivity index (χ0n) is 21.9. The minimum absolute atomic E-state index is 0.000900. The van der Waals surface area contributed by atoms with Gasteiger partial charge in [0.2, 0.25) is 5.91 Å². The lowest BCUT2D eigenvalue weighted by Gasteiger charge is -2.24. The van der Waals surface area contributed by atoms with Gasteiger partial charge in [-0.05, 0) is 61.5 Å². The van der Waals surface area contributed by atoms with Crippen molar-refractivity contribution in [2.75, 3.05) is 20.3 Å². The van der Waals surface area contributed by atoms with E-state index in [0.29, 0.717) is 16.7 Å². The van der Waals surface area contributed by atoms with Crippen LogP contribution in [-0.2, 0) is 10.2 Å². The van der Waals surface area contributed by atoms with Gasteiger partial charge < -0.3 is 20.5 Å². The first-order valence-corrected chi connectivity index (χ1v) is 12.4. The number of hydrogen-bond donors (Lipinski definition) is 2. The molecule has 0 radical (unpaired) electrons. The van der Waals surface area contributed by atoms with E-state index in [2.05, 4.69) is 15.3 Å². The lowest BCUT2D eigenvalue weighted by atomic mass is 9.82. The summed E-state index contributed by atoms with van der Waals surface area (Å²) in [5, 5.41) is 2.92. The van der Waals surface area contributed by atoms with Crippen LogP contribution in [0.3, 0.4) is 0 Å². The van der Waals surface area contributed by atoms with E-state index in [4.69, 9.17) is 15.2 Å². The average molecular weight is 569 g/mol. The van der Waals surface area contributed by atoms with Crippen LogP contribution in [0.2, 0.25) is 0 Å². The van der Waals surface area contributed by atoms with Crippen molar-refractivity contribution < 1.29 is 36.6 Å². The average Bonchev–Trinajstić information content (AvgIpc) is 3.29. The smallest absolute Gasteiger partial charge is 0.398 e. The predicted molar refractivity (Wildman–Crippen MR) is 141 cm³/mol. The van der Waals surface area contributed by atoms with Gasteiger partial charge >= 0.3 is 6.18 Å². The number of primary amides is 1. The van der Waals surface area contributed by atoms with Gasteiger partial charge in [0.25, 0.3) is 5.91 Å². The quantitative estimate of drug-likeness (QED) is 0.314.